The van der Waals surface area contributed by atoms with Crippen LogP contribution in [0.3, 0.4) is 0 Å². The molecule has 1 heteroatoms. The number of rotatable bonds is 3. The highest BCUT2D eigenvalue weighted by Crippen LogP contribution is 2.49. The van der Waals surface area contributed by atoms with Gasteiger partial charge in [-0.15, -0.1) is 0 Å². The summed E-state index contributed by atoms with van der Waals surface area (Å²) in [5.74, 6) is 1.21. The van der Waals surface area contributed by atoms with Gasteiger partial charge in [0.05, 0.1) is 5.92 Å². The molecule has 7 aromatic rings. The second kappa shape index (κ2) is 9.58. The van der Waals surface area contributed by atoms with Gasteiger partial charge in [-0.3, -0.25) is 0 Å². The normalized spacial score (nSPS) is 17.1. The molecule has 2 unspecified atom stereocenters. The quantitative estimate of drug-likeness (QED) is 0.200. The van der Waals surface area contributed by atoms with Crippen LogP contribution in [0.15, 0.2) is 158 Å². The Bertz CT molecular complexity index is 2210. The summed E-state index contributed by atoms with van der Waals surface area (Å²) in [5, 5.41) is 7.64. The Morgan fingerprint density at radius 3 is 1.79 bits per heavy atom. The Kier molecular flexibility index (Phi) is 5.39. The van der Waals surface area contributed by atoms with Crippen molar-refractivity contribution in [3.8, 4) is 28.0 Å². The second-order valence-electron chi connectivity index (χ2n) is 11.6. The van der Waals surface area contributed by atoms with Crippen LogP contribution in [0.4, 0.5) is 0 Å². The molecule has 202 valence electrons. The Balaban J connectivity index is 1.23. The van der Waals surface area contributed by atoms with E-state index in [0.717, 1.165) is 5.75 Å². The van der Waals surface area contributed by atoms with Gasteiger partial charge in [0.1, 0.15) is 11.9 Å². The molecule has 1 aliphatic carbocycles. The fourth-order valence-electron chi connectivity index (χ4n) is 7.38. The first kappa shape index (κ1) is 24.2. The number of benzene rings is 7. The molecule has 2 atom stereocenters. The van der Waals surface area contributed by atoms with E-state index in [1.54, 1.807) is 0 Å². The summed E-state index contributed by atoms with van der Waals surface area (Å²) in [4.78, 5) is 0. The monoisotopic (exact) mass is 548 g/mol. The Morgan fingerprint density at radius 2 is 1.05 bits per heavy atom. The van der Waals surface area contributed by atoms with Gasteiger partial charge in [0.2, 0.25) is 0 Å². The van der Waals surface area contributed by atoms with Crippen LogP contribution in [0.25, 0.3) is 60.1 Å². The van der Waals surface area contributed by atoms with Crippen LogP contribution in [0.1, 0.15) is 17.0 Å². The standard InChI is InChI=1S/C42H28O/c1-2-13-30-27(11-1)12-9-20-32(30)41-35-16-5-3-14-33(35)40(34-15-4-6-17-36(34)41)29-25-23-28(24-26-29)31-19-10-22-39-42(31)37-18-7-8-21-38(37)43-39/h1-26,39,42H. The van der Waals surface area contributed by atoms with Crippen molar-refractivity contribution in [2.24, 2.45) is 0 Å². The van der Waals surface area contributed by atoms with Crippen LogP contribution >= 0.6 is 0 Å². The zero-order chi connectivity index (χ0) is 28.3. The van der Waals surface area contributed by atoms with Crippen LogP contribution in [0.5, 0.6) is 5.75 Å². The largest absolute Gasteiger partial charge is 0.485 e. The molecule has 7 aromatic carbocycles. The lowest BCUT2D eigenvalue weighted by Gasteiger charge is -2.23. The average molecular weight is 549 g/mol. The number of para-hydroxylation sites is 1. The number of hydrogen-bond donors (Lipinski definition) is 0. The van der Waals surface area contributed by atoms with E-state index in [0.29, 0.717) is 0 Å². The molecule has 0 saturated carbocycles. The minimum atomic E-state index is 0.0478. The van der Waals surface area contributed by atoms with E-state index >= 15 is 0 Å². The van der Waals surface area contributed by atoms with Gasteiger partial charge in [-0.05, 0) is 77.9 Å². The lowest BCUT2D eigenvalue weighted by molar-refractivity contribution is 0.271. The molecule has 1 aliphatic heterocycles. The summed E-state index contributed by atoms with van der Waals surface area (Å²) < 4.78 is 6.30. The maximum absolute atomic E-state index is 6.30. The van der Waals surface area contributed by atoms with E-state index in [-0.39, 0.29) is 12.0 Å². The molecule has 1 nitrogen and oxygen atoms in total. The van der Waals surface area contributed by atoms with Gasteiger partial charge in [0.25, 0.3) is 0 Å². The predicted molar refractivity (Wildman–Crippen MR) is 181 cm³/mol. The van der Waals surface area contributed by atoms with Crippen molar-refractivity contribution in [1.29, 1.82) is 0 Å². The van der Waals surface area contributed by atoms with Gasteiger partial charge in [-0.2, -0.15) is 0 Å². The first-order valence-corrected chi connectivity index (χ1v) is 15.0. The molecule has 9 rings (SSSR count). The van der Waals surface area contributed by atoms with E-state index < -0.39 is 0 Å². The molecule has 0 bridgehead atoms. The van der Waals surface area contributed by atoms with E-state index in [1.807, 2.05) is 0 Å². The molecule has 1 heterocycles. The van der Waals surface area contributed by atoms with Crippen molar-refractivity contribution < 1.29 is 4.74 Å². The zero-order valence-electron chi connectivity index (χ0n) is 23.6. The van der Waals surface area contributed by atoms with Crippen molar-refractivity contribution in [2.45, 2.75) is 12.0 Å². The minimum absolute atomic E-state index is 0.0478. The highest BCUT2D eigenvalue weighted by Gasteiger charge is 2.36. The van der Waals surface area contributed by atoms with Crippen molar-refractivity contribution in [2.75, 3.05) is 0 Å². The Morgan fingerprint density at radius 1 is 0.465 bits per heavy atom. The van der Waals surface area contributed by atoms with E-state index in [9.17, 15) is 0 Å². The lowest BCUT2D eigenvalue weighted by Crippen LogP contribution is -2.19. The average Bonchev–Trinajstić information content (AvgIpc) is 3.46. The van der Waals surface area contributed by atoms with Gasteiger partial charge in [0, 0.05) is 5.56 Å². The summed E-state index contributed by atoms with van der Waals surface area (Å²) in [6.07, 6.45) is 6.62. The van der Waals surface area contributed by atoms with Crippen LogP contribution < -0.4 is 4.74 Å². The van der Waals surface area contributed by atoms with E-state index in [2.05, 4.69) is 158 Å². The fourth-order valence-corrected chi connectivity index (χ4v) is 7.38. The molecule has 0 spiro atoms. The van der Waals surface area contributed by atoms with Crippen LogP contribution in [0, 0.1) is 0 Å². The SMILES string of the molecule is C1=CC2Oc3ccccc3C2C(c2ccc(-c3c4ccccc4c(-c4cccc5ccccc45)c4ccccc34)cc2)=C1. The third-order valence-corrected chi connectivity index (χ3v) is 9.25. The van der Waals surface area contributed by atoms with Gasteiger partial charge >= 0.3 is 0 Å². The molecular formula is C42H28O. The van der Waals surface area contributed by atoms with Crippen molar-refractivity contribution in [3.63, 3.8) is 0 Å². The smallest absolute Gasteiger partial charge is 0.128 e. The zero-order valence-corrected chi connectivity index (χ0v) is 23.6. The van der Waals surface area contributed by atoms with Crippen molar-refractivity contribution >= 4 is 37.9 Å². The molecule has 43 heavy (non-hydrogen) atoms. The maximum atomic E-state index is 6.30. The Labute approximate surface area is 251 Å². The molecule has 0 saturated heterocycles. The van der Waals surface area contributed by atoms with Gasteiger partial charge in [0.15, 0.2) is 0 Å². The summed E-state index contributed by atoms with van der Waals surface area (Å²) in [6, 6.07) is 50.8. The maximum Gasteiger partial charge on any atom is 0.128 e. The molecule has 0 amide bonds. The molecule has 2 aliphatic rings. The summed E-state index contributed by atoms with van der Waals surface area (Å²) >= 11 is 0. The lowest BCUT2D eigenvalue weighted by atomic mass is 9.80. The fraction of sp³-hybridized carbons (Fsp3) is 0.0476. The summed E-state index contributed by atoms with van der Waals surface area (Å²) in [5.41, 5.74) is 8.91. The third kappa shape index (κ3) is 3.72. The minimum Gasteiger partial charge on any atom is -0.485 e. The van der Waals surface area contributed by atoms with E-state index in [1.165, 1.54) is 71.3 Å². The first-order chi connectivity index (χ1) is 21.3. The second-order valence-corrected chi connectivity index (χ2v) is 11.6. The van der Waals surface area contributed by atoms with Crippen molar-refractivity contribution in [1.82, 2.24) is 0 Å². The molecule has 0 aromatic heterocycles. The topological polar surface area (TPSA) is 9.23 Å². The highest BCUT2D eigenvalue weighted by molar-refractivity contribution is 6.23. The molecule has 0 radical (unpaired) electrons. The van der Waals surface area contributed by atoms with Gasteiger partial charge in [-0.1, -0.05) is 146 Å². The highest BCUT2D eigenvalue weighted by atomic mass is 16.5. The number of hydrogen-bond acceptors (Lipinski definition) is 1. The number of fused-ring (bicyclic) bond motifs is 6. The van der Waals surface area contributed by atoms with Crippen LogP contribution in [-0.2, 0) is 0 Å². The third-order valence-electron chi connectivity index (χ3n) is 9.25. The number of allylic oxidation sites excluding steroid dienone is 2. The van der Waals surface area contributed by atoms with Crippen molar-refractivity contribution in [3.05, 3.63) is 169 Å². The first-order valence-electron chi connectivity index (χ1n) is 15.0. The molecule has 0 fully saturated rings. The van der Waals surface area contributed by atoms with Gasteiger partial charge in [-0.25, -0.2) is 0 Å². The summed E-state index contributed by atoms with van der Waals surface area (Å²) in [7, 11) is 0. The van der Waals surface area contributed by atoms with Gasteiger partial charge < -0.3 is 4.74 Å². The number of ether oxygens (including phenoxy) is 1. The summed E-state index contributed by atoms with van der Waals surface area (Å²) in [6.45, 7) is 0. The molecular weight excluding hydrogens is 520 g/mol. The van der Waals surface area contributed by atoms with Crippen LogP contribution in [0.2, 0.25) is 0 Å². The molecule has 0 N–H and O–H groups in total. The van der Waals surface area contributed by atoms with E-state index in [4.69, 9.17) is 4.74 Å². The van der Waals surface area contributed by atoms with Crippen LogP contribution in [-0.4, -0.2) is 6.10 Å². The Hall–Kier alpha value is -5.40. The predicted octanol–water partition coefficient (Wildman–Crippen LogP) is 11.0.